The van der Waals surface area contributed by atoms with Gasteiger partial charge in [-0.1, -0.05) is 6.42 Å². The third kappa shape index (κ3) is 4.81. The van der Waals surface area contributed by atoms with Gasteiger partial charge in [-0.15, -0.1) is 11.3 Å². The molecular weight excluding hydrogens is 340 g/mol. The minimum Gasteiger partial charge on any atom is -0.451 e. The van der Waals surface area contributed by atoms with Crippen molar-refractivity contribution in [2.24, 2.45) is 0 Å². The second-order valence-corrected chi connectivity index (χ2v) is 7.74. The highest BCUT2D eigenvalue weighted by Crippen LogP contribution is 2.29. The predicted octanol–water partition coefficient (Wildman–Crippen LogP) is 1.96. The molecule has 136 valence electrons. The molecule has 1 aliphatic carbocycles. The highest BCUT2D eigenvalue weighted by molar-refractivity contribution is 7.14. The maximum atomic E-state index is 12.2. The van der Waals surface area contributed by atoms with Crippen LogP contribution in [0.4, 0.5) is 0 Å². The molecule has 2 aliphatic rings. The Morgan fingerprint density at radius 2 is 2.04 bits per heavy atom. The number of rotatable bonds is 4. The van der Waals surface area contributed by atoms with Crippen molar-refractivity contribution < 1.29 is 19.1 Å². The van der Waals surface area contributed by atoms with Gasteiger partial charge in [0, 0.05) is 11.4 Å². The summed E-state index contributed by atoms with van der Waals surface area (Å²) in [6, 6.07) is 1.37. The molecule has 1 aromatic heterocycles. The van der Waals surface area contributed by atoms with Crippen LogP contribution in [0.1, 0.15) is 58.6 Å². The fourth-order valence-electron chi connectivity index (χ4n) is 3.28. The van der Waals surface area contributed by atoms with E-state index in [1.165, 1.54) is 28.2 Å². The quantitative estimate of drug-likeness (QED) is 0.632. The van der Waals surface area contributed by atoms with E-state index in [-0.39, 0.29) is 12.5 Å². The van der Waals surface area contributed by atoms with Gasteiger partial charge in [0.05, 0.1) is 0 Å². The minimum absolute atomic E-state index is 0.167. The molecule has 0 saturated carbocycles. The summed E-state index contributed by atoms with van der Waals surface area (Å²) in [5.41, 5.74) is 1.24. The molecule has 1 aliphatic heterocycles. The number of esters is 1. The number of carbonyl (C=O) groups excluding carboxylic acids is 3. The van der Waals surface area contributed by atoms with Gasteiger partial charge in [0.15, 0.2) is 6.61 Å². The van der Waals surface area contributed by atoms with Crippen molar-refractivity contribution >= 4 is 29.1 Å². The zero-order valence-corrected chi connectivity index (χ0v) is 15.1. The molecular formula is C18H24N2O4S. The lowest BCUT2D eigenvalue weighted by molar-refractivity contribution is -0.130. The fourth-order valence-corrected chi connectivity index (χ4v) is 4.43. The van der Waals surface area contributed by atoms with E-state index in [0.29, 0.717) is 17.8 Å². The van der Waals surface area contributed by atoms with E-state index in [1.54, 1.807) is 0 Å². The number of hydrogen-bond acceptors (Lipinski definition) is 5. The maximum absolute atomic E-state index is 12.2. The van der Waals surface area contributed by atoms with E-state index in [0.717, 1.165) is 38.5 Å². The van der Waals surface area contributed by atoms with Crippen LogP contribution in [0, 0.1) is 0 Å². The number of ether oxygens (including phenoxy) is 1. The zero-order valence-electron chi connectivity index (χ0n) is 14.3. The van der Waals surface area contributed by atoms with Crippen LogP contribution in [0.25, 0.3) is 0 Å². The molecule has 1 atom stereocenters. The lowest BCUT2D eigenvalue weighted by Gasteiger charge is -2.14. The lowest BCUT2D eigenvalue weighted by Crippen LogP contribution is -2.46. The Hall–Kier alpha value is -1.89. The normalized spacial score (nSPS) is 20.6. The molecule has 1 aromatic rings. The van der Waals surface area contributed by atoms with Gasteiger partial charge in [0.2, 0.25) is 5.91 Å². The van der Waals surface area contributed by atoms with Crippen molar-refractivity contribution in [2.45, 2.75) is 57.4 Å². The minimum atomic E-state index is -0.536. The van der Waals surface area contributed by atoms with E-state index in [1.807, 2.05) is 6.07 Å². The molecule has 25 heavy (non-hydrogen) atoms. The lowest BCUT2D eigenvalue weighted by atomic mass is 10.1. The number of amides is 2. The van der Waals surface area contributed by atoms with E-state index < -0.39 is 17.9 Å². The van der Waals surface area contributed by atoms with Gasteiger partial charge < -0.3 is 15.4 Å². The molecule has 3 rings (SSSR count). The number of nitrogens with one attached hydrogen (secondary N) is 2. The molecule has 2 heterocycles. The summed E-state index contributed by atoms with van der Waals surface area (Å²) in [5.74, 6) is -1.06. The van der Waals surface area contributed by atoms with E-state index in [4.69, 9.17) is 4.74 Å². The van der Waals surface area contributed by atoms with Gasteiger partial charge in [-0.25, -0.2) is 4.79 Å². The van der Waals surface area contributed by atoms with Crippen LogP contribution in [-0.4, -0.2) is 37.0 Å². The van der Waals surface area contributed by atoms with Crippen LogP contribution in [0.2, 0.25) is 0 Å². The molecule has 0 spiro atoms. The topological polar surface area (TPSA) is 84.5 Å². The molecule has 2 N–H and O–H groups in total. The van der Waals surface area contributed by atoms with Crippen LogP contribution in [0.15, 0.2) is 6.07 Å². The van der Waals surface area contributed by atoms with Gasteiger partial charge in [0.25, 0.3) is 5.91 Å². The summed E-state index contributed by atoms with van der Waals surface area (Å²) in [6.07, 6.45) is 7.98. The zero-order chi connectivity index (χ0) is 17.6. The summed E-state index contributed by atoms with van der Waals surface area (Å²) in [5, 5.41) is 5.41. The first-order chi connectivity index (χ1) is 12.1. The molecule has 1 saturated heterocycles. The Balaban J connectivity index is 1.50. The first-order valence-corrected chi connectivity index (χ1v) is 9.81. The van der Waals surface area contributed by atoms with Crippen LogP contribution >= 0.6 is 11.3 Å². The summed E-state index contributed by atoms with van der Waals surface area (Å²) in [4.78, 5) is 37.8. The van der Waals surface area contributed by atoms with Crippen LogP contribution in [-0.2, 0) is 27.2 Å². The van der Waals surface area contributed by atoms with Crippen molar-refractivity contribution in [3.05, 3.63) is 21.4 Å². The number of fused-ring (bicyclic) bond motifs is 1. The molecule has 0 radical (unpaired) electrons. The van der Waals surface area contributed by atoms with Crippen molar-refractivity contribution in [1.82, 2.24) is 10.6 Å². The average Bonchev–Trinajstić information content (AvgIpc) is 2.74. The molecule has 2 amide bonds. The molecule has 1 fully saturated rings. The Morgan fingerprint density at radius 3 is 2.92 bits per heavy atom. The van der Waals surface area contributed by atoms with Gasteiger partial charge in [-0.3, -0.25) is 9.59 Å². The fraction of sp³-hybridized carbons (Fsp3) is 0.611. The Labute approximate surface area is 151 Å². The van der Waals surface area contributed by atoms with E-state index >= 15 is 0 Å². The molecule has 7 heteroatoms. The summed E-state index contributed by atoms with van der Waals surface area (Å²) in [7, 11) is 0. The standard InChI is InChI=1S/C18H24N2O4S/c21-16(20-13-7-4-5-9-19-17(13)22)11-24-18(23)15-10-12-6-2-1-3-8-14(12)25-15/h10,13H,1-9,11H2,(H,19,22)(H,20,21)/t13-/m0/s1. The Bertz CT molecular complexity index is 632. The molecule has 6 nitrogen and oxygen atoms in total. The van der Waals surface area contributed by atoms with Crippen LogP contribution in [0.5, 0.6) is 0 Å². The molecule has 0 aromatic carbocycles. The van der Waals surface area contributed by atoms with Gasteiger partial charge in [-0.2, -0.15) is 0 Å². The third-order valence-corrected chi connectivity index (χ3v) is 5.87. The third-order valence-electron chi connectivity index (χ3n) is 4.65. The van der Waals surface area contributed by atoms with Crippen LogP contribution in [0.3, 0.4) is 0 Å². The van der Waals surface area contributed by atoms with Gasteiger partial charge >= 0.3 is 5.97 Å². The van der Waals surface area contributed by atoms with Gasteiger partial charge in [0.1, 0.15) is 10.9 Å². The van der Waals surface area contributed by atoms with Crippen molar-refractivity contribution in [3.63, 3.8) is 0 Å². The first kappa shape index (κ1) is 17.9. The maximum Gasteiger partial charge on any atom is 0.348 e. The second kappa shape index (κ2) is 8.47. The molecule has 0 bridgehead atoms. The summed E-state index contributed by atoms with van der Waals surface area (Å²) < 4.78 is 5.13. The van der Waals surface area contributed by atoms with E-state index in [9.17, 15) is 14.4 Å². The van der Waals surface area contributed by atoms with E-state index in [2.05, 4.69) is 10.6 Å². The largest absolute Gasteiger partial charge is 0.451 e. The SMILES string of the molecule is O=C(COC(=O)c1cc2c(s1)CCCCC2)N[C@H]1CCCCNC1=O. The second-order valence-electron chi connectivity index (χ2n) is 6.60. The smallest absolute Gasteiger partial charge is 0.348 e. The Kier molecular flexibility index (Phi) is 6.07. The predicted molar refractivity (Wildman–Crippen MR) is 94.7 cm³/mol. The van der Waals surface area contributed by atoms with Crippen molar-refractivity contribution in [3.8, 4) is 0 Å². The first-order valence-electron chi connectivity index (χ1n) is 8.99. The Morgan fingerprint density at radius 1 is 1.20 bits per heavy atom. The van der Waals surface area contributed by atoms with Gasteiger partial charge in [-0.05, 0) is 56.6 Å². The number of carbonyl (C=O) groups is 3. The highest BCUT2D eigenvalue weighted by Gasteiger charge is 2.23. The number of thiophene rings is 1. The highest BCUT2D eigenvalue weighted by atomic mass is 32.1. The van der Waals surface area contributed by atoms with Crippen molar-refractivity contribution in [1.29, 1.82) is 0 Å². The monoisotopic (exact) mass is 364 g/mol. The summed E-state index contributed by atoms with van der Waals surface area (Å²) >= 11 is 1.48. The number of aryl methyl sites for hydroxylation is 2. The average molecular weight is 364 g/mol. The summed E-state index contributed by atoms with van der Waals surface area (Å²) in [6.45, 7) is 0.286. The van der Waals surface area contributed by atoms with Crippen LogP contribution < -0.4 is 10.6 Å². The number of hydrogen-bond donors (Lipinski definition) is 2. The molecule has 0 unspecified atom stereocenters. The van der Waals surface area contributed by atoms with Crippen molar-refractivity contribution in [2.75, 3.05) is 13.2 Å².